The molecule has 2 N–H and O–H groups in total. The van der Waals surface area contributed by atoms with Crippen molar-refractivity contribution in [1.29, 1.82) is 0 Å². The largest absolute Gasteiger partial charge is 0.454 e. The smallest absolute Gasteiger partial charge is 0.235 e. The molecule has 0 saturated heterocycles. The van der Waals surface area contributed by atoms with E-state index in [0.717, 1.165) is 52.2 Å². The zero-order valence-corrected chi connectivity index (χ0v) is 18.3. The zero-order valence-electron chi connectivity index (χ0n) is 18.3. The highest BCUT2D eigenvalue weighted by molar-refractivity contribution is 6.03. The van der Waals surface area contributed by atoms with Crippen molar-refractivity contribution < 1.29 is 14.3 Å². The maximum absolute atomic E-state index is 13.2. The van der Waals surface area contributed by atoms with Crippen molar-refractivity contribution in [2.45, 2.75) is 44.4 Å². The molecule has 160 valence electrons. The Morgan fingerprint density at radius 1 is 1.10 bits per heavy atom. The van der Waals surface area contributed by atoms with Gasteiger partial charge in [-0.25, -0.2) is 0 Å². The van der Waals surface area contributed by atoms with Gasteiger partial charge in [-0.2, -0.15) is 0 Å². The Bertz CT molecular complexity index is 1220. The number of benzene rings is 2. The van der Waals surface area contributed by atoms with Gasteiger partial charge in [0.05, 0.1) is 5.41 Å². The molecule has 1 fully saturated rings. The summed E-state index contributed by atoms with van der Waals surface area (Å²) >= 11 is 0. The summed E-state index contributed by atoms with van der Waals surface area (Å²) in [6.07, 6.45) is 1.66. The molecule has 1 aliphatic carbocycles. The van der Waals surface area contributed by atoms with Crippen molar-refractivity contribution >= 4 is 28.2 Å². The predicted molar refractivity (Wildman–Crippen MR) is 122 cm³/mol. The second-order valence-electron chi connectivity index (χ2n) is 9.02. The number of nitrogens with zero attached hydrogens (tertiary/aromatic N) is 1. The molecule has 0 radical (unpaired) electrons. The molecule has 3 aromatic rings. The molecule has 2 heterocycles. The van der Waals surface area contributed by atoms with E-state index in [0.29, 0.717) is 5.75 Å². The van der Waals surface area contributed by atoms with Crippen molar-refractivity contribution in [3.8, 4) is 11.5 Å². The van der Waals surface area contributed by atoms with Crippen LogP contribution in [0.25, 0.3) is 10.9 Å². The SMILES string of the molecule is CN=C(C)C(C)(C)c1cc2cc(NC(=O)C3(c4ccc5c(c4)OCO5)CC3)ccc2[nH]1. The lowest BCUT2D eigenvalue weighted by atomic mass is 9.84. The number of aliphatic imine (C=N–C) groups is 1. The number of ether oxygens (including phenoxy) is 2. The van der Waals surface area contributed by atoms with Crippen LogP contribution in [-0.4, -0.2) is 30.4 Å². The van der Waals surface area contributed by atoms with Crippen LogP contribution in [0.2, 0.25) is 0 Å². The summed E-state index contributed by atoms with van der Waals surface area (Å²) in [5, 5.41) is 4.20. The Hall–Kier alpha value is -3.28. The third-order valence-electron chi connectivity index (χ3n) is 6.90. The Morgan fingerprint density at radius 3 is 2.61 bits per heavy atom. The van der Waals surface area contributed by atoms with Gasteiger partial charge in [0.2, 0.25) is 12.7 Å². The van der Waals surface area contributed by atoms with E-state index in [-0.39, 0.29) is 18.1 Å². The van der Waals surface area contributed by atoms with Crippen LogP contribution in [0.5, 0.6) is 11.5 Å². The van der Waals surface area contributed by atoms with Crippen LogP contribution >= 0.6 is 0 Å². The van der Waals surface area contributed by atoms with Crippen LogP contribution < -0.4 is 14.8 Å². The zero-order chi connectivity index (χ0) is 21.8. The fraction of sp³-hybridized carbons (Fsp3) is 0.360. The maximum atomic E-state index is 13.2. The van der Waals surface area contributed by atoms with E-state index >= 15 is 0 Å². The van der Waals surface area contributed by atoms with Gasteiger partial charge in [0.1, 0.15) is 0 Å². The number of carbonyl (C=O) groups excluding carboxylic acids is 1. The molecule has 0 unspecified atom stereocenters. The first-order chi connectivity index (χ1) is 14.8. The third-order valence-corrected chi connectivity index (χ3v) is 6.90. The molecule has 2 aliphatic rings. The Labute approximate surface area is 181 Å². The number of fused-ring (bicyclic) bond motifs is 2. The van der Waals surface area contributed by atoms with Gasteiger partial charge in [-0.15, -0.1) is 0 Å². The third kappa shape index (κ3) is 3.17. The van der Waals surface area contributed by atoms with E-state index < -0.39 is 5.41 Å². The van der Waals surface area contributed by atoms with Crippen LogP contribution in [0.3, 0.4) is 0 Å². The Kier molecular flexibility index (Phi) is 4.36. The molecule has 0 spiro atoms. The summed E-state index contributed by atoms with van der Waals surface area (Å²) in [5.41, 5.74) is 4.32. The number of anilines is 1. The van der Waals surface area contributed by atoms with E-state index in [1.165, 1.54) is 0 Å². The number of carbonyl (C=O) groups is 1. The van der Waals surface area contributed by atoms with Crippen molar-refractivity contribution in [3.63, 3.8) is 0 Å². The van der Waals surface area contributed by atoms with Crippen LogP contribution in [0, 0.1) is 0 Å². The number of aromatic amines is 1. The van der Waals surface area contributed by atoms with Gasteiger partial charge in [0.25, 0.3) is 0 Å². The highest BCUT2D eigenvalue weighted by Crippen LogP contribution is 2.51. The monoisotopic (exact) mass is 417 g/mol. The van der Waals surface area contributed by atoms with Gasteiger partial charge in [-0.1, -0.05) is 6.07 Å². The normalized spacial score (nSPS) is 17.1. The fourth-order valence-corrected chi connectivity index (χ4v) is 4.24. The highest BCUT2D eigenvalue weighted by atomic mass is 16.7. The summed E-state index contributed by atoms with van der Waals surface area (Å²) < 4.78 is 10.9. The lowest BCUT2D eigenvalue weighted by Crippen LogP contribution is -2.27. The van der Waals surface area contributed by atoms with E-state index in [1.54, 1.807) is 0 Å². The van der Waals surface area contributed by atoms with Gasteiger partial charge in [-0.3, -0.25) is 9.79 Å². The van der Waals surface area contributed by atoms with Crippen molar-refractivity contribution in [2.24, 2.45) is 4.99 Å². The fourth-order valence-electron chi connectivity index (χ4n) is 4.24. The Balaban J connectivity index is 1.40. The second kappa shape index (κ2) is 6.87. The quantitative estimate of drug-likeness (QED) is 0.578. The summed E-state index contributed by atoms with van der Waals surface area (Å²) in [7, 11) is 1.82. The second-order valence-corrected chi connectivity index (χ2v) is 9.02. The number of aromatic nitrogens is 1. The molecule has 0 atom stereocenters. The molecule has 1 saturated carbocycles. The van der Waals surface area contributed by atoms with Crippen LogP contribution in [0.4, 0.5) is 5.69 Å². The number of H-pyrrole nitrogens is 1. The molecule has 0 bridgehead atoms. The Morgan fingerprint density at radius 2 is 1.87 bits per heavy atom. The minimum absolute atomic E-state index is 0.0239. The average molecular weight is 418 g/mol. The van der Waals surface area contributed by atoms with Crippen molar-refractivity contribution in [2.75, 3.05) is 19.2 Å². The molecule has 5 rings (SSSR count). The molecule has 1 aliphatic heterocycles. The van der Waals surface area contributed by atoms with Crippen molar-refractivity contribution in [3.05, 3.63) is 53.7 Å². The summed E-state index contributed by atoms with van der Waals surface area (Å²) in [5.74, 6) is 1.47. The molecule has 1 aromatic heterocycles. The molecular formula is C25H27N3O3. The van der Waals surface area contributed by atoms with E-state index in [1.807, 2.05) is 50.4 Å². The highest BCUT2D eigenvalue weighted by Gasteiger charge is 2.51. The lowest BCUT2D eigenvalue weighted by Gasteiger charge is -2.23. The van der Waals surface area contributed by atoms with E-state index in [2.05, 4.69) is 35.2 Å². The maximum Gasteiger partial charge on any atom is 0.235 e. The summed E-state index contributed by atoms with van der Waals surface area (Å²) in [4.78, 5) is 21.1. The molecule has 1 amide bonds. The first-order valence-corrected chi connectivity index (χ1v) is 10.6. The number of hydrogen-bond donors (Lipinski definition) is 2. The molecule has 6 nitrogen and oxygen atoms in total. The van der Waals surface area contributed by atoms with Gasteiger partial charge >= 0.3 is 0 Å². The topological polar surface area (TPSA) is 75.7 Å². The van der Waals surface area contributed by atoms with Gasteiger partial charge in [0.15, 0.2) is 11.5 Å². The summed E-state index contributed by atoms with van der Waals surface area (Å²) in [6, 6.07) is 13.9. The number of nitrogens with one attached hydrogen (secondary N) is 2. The first kappa shape index (κ1) is 19.7. The van der Waals surface area contributed by atoms with E-state index in [4.69, 9.17) is 9.47 Å². The molecule has 31 heavy (non-hydrogen) atoms. The molecular weight excluding hydrogens is 390 g/mol. The van der Waals surface area contributed by atoms with Gasteiger partial charge < -0.3 is 19.8 Å². The number of hydrogen-bond acceptors (Lipinski definition) is 4. The first-order valence-electron chi connectivity index (χ1n) is 10.6. The minimum atomic E-state index is -0.490. The predicted octanol–water partition coefficient (Wildman–Crippen LogP) is 4.94. The minimum Gasteiger partial charge on any atom is -0.454 e. The summed E-state index contributed by atoms with van der Waals surface area (Å²) in [6.45, 7) is 6.59. The standard InChI is InChI=1S/C25H27N3O3/c1-15(26-4)24(2,3)22-12-16-11-18(6-7-19(16)28-22)27-23(29)25(9-10-25)17-5-8-20-21(13-17)31-14-30-20/h5-8,11-13,28H,9-10,14H2,1-4H3,(H,27,29). The average Bonchev–Trinajstić information content (AvgIpc) is 3.25. The van der Waals surface area contributed by atoms with Crippen LogP contribution in [-0.2, 0) is 15.6 Å². The van der Waals surface area contributed by atoms with Gasteiger partial charge in [-0.05, 0) is 75.6 Å². The van der Waals surface area contributed by atoms with Crippen molar-refractivity contribution in [1.82, 2.24) is 4.98 Å². The molecule has 2 aromatic carbocycles. The lowest BCUT2D eigenvalue weighted by molar-refractivity contribution is -0.118. The van der Waals surface area contributed by atoms with Crippen LogP contribution in [0.15, 0.2) is 47.5 Å². The number of rotatable bonds is 5. The van der Waals surface area contributed by atoms with E-state index in [9.17, 15) is 4.79 Å². The van der Waals surface area contributed by atoms with Crippen LogP contribution in [0.1, 0.15) is 44.9 Å². The molecule has 6 heteroatoms. The van der Waals surface area contributed by atoms with Gasteiger partial charge in [0, 0.05) is 40.5 Å². The number of amides is 1.